The number of benzene rings is 1. The Labute approximate surface area is 207 Å². The van der Waals surface area contributed by atoms with Gasteiger partial charge >= 0.3 is 12.1 Å². The third kappa shape index (κ3) is 6.40. The summed E-state index contributed by atoms with van der Waals surface area (Å²) in [5, 5.41) is 15.9. The molecule has 3 rings (SSSR count). The summed E-state index contributed by atoms with van der Waals surface area (Å²) >= 11 is 7.22. The van der Waals surface area contributed by atoms with Gasteiger partial charge in [-0.2, -0.15) is 0 Å². The van der Waals surface area contributed by atoms with Crippen molar-refractivity contribution in [3.05, 3.63) is 45.3 Å². The summed E-state index contributed by atoms with van der Waals surface area (Å²) < 4.78 is 0. The molecule has 0 aliphatic carbocycles. The predicted molar refractivity (Wildman–Crippen MR) is 135 cm³/mol. The molecule has 0 radical (unpaired) electrons. The van der Waals surface area contributed by atoms with Crippen molar-refractivity contribution in [3.8, 4) is 0 Å². The van der Waals surface area contributed by atoms with Gasteiger partial charge in [0, 0.05) is 47.3 Å². The number of fused-ring (bicyclic) bond motifs is 1. The van der Waals surface area contributed by atoms with Crippen LogP contribution in [0.3, 0.4) is 0 Å². The number of amides is 4. The van der Waals surface area contributed by atoms with E-state index in [0.29, 0.717) is 47.2 Å². The zero-order valence-corrected chi connectivity index (χ0v) is 21.1. The number of halogens is 1. The number of nitrogens with one attached hydrogen (secondary N) is 2. The number of hydrogen-bond donors (Lipinski definition) is 4. The molecule has 2 heterocycles. The standard InChI is InChI=1S/C23H30ClN5O4S/c1-23(2,3)29(22(32)33)11-4-10-28-12-9-16-17(13-28)34-20(18(16)19(25)30)27-21(31)26-15-7-5-14(24)6-8-15/h5-8H,4,9-13H2,1-3H3,(H2,25,30)(H,32,33)(H2,26,27,31). The number of nitrogens with two attached hydrogens (primary N) is 1. The van der Waals surface area contributed by atoms with Crippen LogP contribution in [0.15, 0.2) is 24.3 Å². The van der Waals surface area contributed by atoms with Crippen LogP contribution in [0.5, 0.6) is 0 Å². The van der Waals surface area contributed by atoms with Crippen LogP contribution < -0.4 is 16.4 Å². The highest BCUT2D eigenvalue weighted by Gasteiger charge is 2.29. The third-order valence-electron chi connectivity index (χ3n) is 5.61. The number of nitrogens with zero attached hydrogens (tertiary/aromatic N) is 2. The number of rotatable bonds is 7. The van der Waals surface area contributed by atoms with E-state index in [1.54, 1.807) is 24.3 Å². The Morgan fingerprint density at radius 2 is 1.88 bits per heavy atom. The van der Waals surface area contributed by atoms with Gasteiger partial charge in [-0.1, -0.05) is 11.6 Å². The summed E-state index contributed by atoms with van der Waals surface area (Å²) in [7, 11) is 0. The van der Waals surface area contributed by atoms with Gasteiger partial charge in [-0.15, -0.1) is 11.3 Å². The summed E-state index contributed by atoms with van der Waals surface area (Å²) in [6, 6.07) is 6.22. The van der Waals surface area contributed by atoms with Crippen LogP contribution in [0.4, 0.5) is 20.3 Å². The van der Waals surface area contributed by atoms with E-state index in [2.05, 4.69) is 15.5 Å². The molecule has 0 saturated heterocycles. The van der Waals surface area contributed by atoms with Gasteiger partial charge in [-0.05, 0) is 63.4 Å². The lowest BCUT2D eigenvalue weighted by Gasteiger charge is -2.34. The van der Waals surface area contributed by atoms with Gasteiger partial charge in [0.05, 0.1) is 5.56 Å². The van der Waals surface area contributed by atoms with Crippen molar-refractivity contribution in [2.24, 2.45) is 5.73 Å². The molecule has 0 saturated carbocycles. The molecule has 5 N–H and O–H groups in total. The molecule has 2 aromatic rings. The predicted octanol–water partition coefficient (Wildman–Crippen LogP) is 4.67. The quantitative estimate of drug-likeness (QED) is 0.433. The zero-order chi connectivity index (χ0) is 25.0. The Hall–Kier alpha value is -2.82. The number of hydrogen-bond acceptors (Lipinski definition) is 5. The van der Waals surface area contributed by atoms with Crippen LogP contribution in [0.1, 0.15) is 48.0 Å². The summed E-state index contributed by atoms with van der Waals surface area (Å²) in [6.07, 6.45) is 0.402. The van der Waals surface area contributed by atoms with E-state index in [4.69, 9.17) is 17.3 Å². The number of carbonyl (C=O) groups is 3. The minimum atomic E-state index is -0.926. The Morgan fingerprint density at radius 1 is 1.21 bits per heavy atom. The number of thiophene rings is 1. The van der Waals surface area contributed by atoms with Crippen molar-refractivity contribution in [2.45, 2.75) is 45.7 Å². The molecule has 0 fully saturated rings. The van der Waals surface area contributed by atoms with Crippen LogP contribution in [0.2, 0.25) is 5.02 Å². The fraction of sp³-hybridized carbons (Fsp3) is 0.435. The van der Waals surface area contributed by atoms with Crippen molar-refractivity contribution in [2.75, 3.05) is 30.3 Å². The topological polar surface area (TPSA) is 128 Å². The number of anilines is 2. The number of primary amides is 1. The lowest BCUT2D eigenvalue weighted by Crippen LogP contribution is -2.46. The second-order valence-electron chi connectivity index (χ2n) is 9.14. The molecule has 1 aliphatic rings. The van der Waals surface area contributed by atoms with Gasteiger partial charge in [0.2, 0.25) is 0 Å². The van der Waals surface area contributed by atoms with E-state index in [1.165, 1.54) is 16.2 Å². The number of carbonyl (C=O) groups excluding carboxylic acids is 2. The SMILES string of the molecule is CC(C)(C)N(CCCN1CCc2c(sc(NC(=O)Nc3ccc(Cl)cc3)c2C(N)=O)C1)C(=O)O. The summed E-state index contributed by atoms with van der Waals surface area (Å²) in [5.74, 6) is -0.574. The zero-order valence-electron chi connectivity index (χ0n) is 19.5. The van der Waals surface area contributed by atoms with Crippen LogP contribution >= 0.6 is 22.9 Å². The van der Waals surface area contributed by atoms with Crippen molar-refractivity contribution >= 4 is 51.7 Å². The maximum absolute atomic E-state index is 12.5. The molecule has 34 heavy (non-hydrogen) atoms. The van der Waals surface area contributed by atoms with Crippen molar-refractivity contribution in [1.82, 2.24) is 9.80 Å². The van der Waals surface area contributed by atoms with Gasteiger partial charge in [0.25, 0.3) is 5.91 Å². The molecule has 184 valence electrons. The Bertz CT molecular complexity index is 1060. The fourth-order valence-corrected chi connectivity index (χ4v) is 5.38. The monoisotopic (exact) mass is 507 g/mol. The molecule has 0 unspecified atom stereocenters. The Kier molecular flexibility index (Phi) is 8.06. The highest BCUT2D eigenvalue weighted by atomic mass is 35.5. The van der Waals surface area contributed by atoms with Gasteiger partial charge in [0.15, 0.2) is 0 Å². The molecular weight excluding hydrogens is 478 g/mol. The van der Waals surface area contributed by atoms with E-state index in [-0.39, 0.29) is 0 Å². The normalized spacial score (nSPS) is 13.8. The molecule has 11 heteroatoms. The van der Waals surface area contributed by atoms with Gasteiger partial charge in [-0.3, -0.25) is 15.0 Å². The maximum atomic E-state index is 12.5. The first-order valence-corrected chi connectivity index (χ1v) is 12.2. The first-order chi connectivity index (χ1) is 16.0. The van der Waals surface area contributed by atoms with E-state index >= 15 is 0 Å². The first kappa shape index (κ1) is 25.8. The Balaban J connectivity index is 1.65. The highest BCUT2D eigenvalue weighted by Crippen LogP contribution is 2.37. The second kappa shape index (κ2) is 10.6. The second-order valence-corrected chi connectivity index (χ2v) is 10.7. The van der Waals surface area contributed by atoms with Crippen molar-refractivity contribution in [1.29, 1.82) is 0 Å². The molecular formula is C23H30ClN5O4S. The van der Waals surface area contributed by atoms with Crippen LogP contribution in [0.25, 0.3) is 0 Å². The smallest absolute Gasteiger partial charge is 0.407 e. The van der Waals surface area contributed by atoms with E-state index in [1.807, 2.05) is 20.8 Å². The fourth-order valence-electron chi connectivity index (χ4n) is 3.97. The summed E-state index contributed by atoms with van der Waals surface area (Å²) in [4.78, 5) is 40.9. The molecule has 1 aromatic carbocycles. The molecule has 0 bridgehead atoms. The molecule has 4 amide bonds. The first-order valence-electron chi connectivity index (χ1n) is 11.0. The lowest BCUT2D eigenvalue weighted by molar-refractivity contribution is 0.0960. The number of urea groups is 1. The molecule has 0 atom stereocenters. The average molecular weight is 508 g/mol. The van der Waals surface area contributed by atoms with Gasteiger partial charge in [-0.25, -0.2) is 9.59 Å². The minimum Gasteiger partial charge on any atom is -0.465 e. The average Bonchev–Trinajstić information content (AvgIpc) is 3.08. The largest absolute Gasteiger partial charge is 0.465 e. The van der Waals surface area contributed by atoms with Crippen LogP contribution in [-0.4, -0.2) is 58.1 Å². The van der Waals surface area contributed by atoms with Crippen LogP contribution in [0, 0.1) is 0 Å². The Morgan fingerprint density at radius 3 is 2.47 bits per heavy atom. The minimum absolute atomic E-state index is 0.357. The summed E-state index contributed by atoms with van der Waals surface area (Å²) in [6.45, 7) is 8.14. The highest BCUT2D eigenvalue weighted by molar-refractivity contribution is 7.17. The van der Waals surface area contributed by atoms with Crippen molar-refractivity contribution < 1.29 is 19.5 Å². The van der Waals surface area contributed by atoms with Gasteiger partial charge < -0.3 is 21.1 Å². The van der Waals surface area contributed by atoms with E-state index in [9.17, 15) is 19.5 Å². The van der Waals surface area contributed by atoms with Gasteiger partial charge in [0.1, 0.15) is 5.00 Å². The molecule has 0 spiro atoms. The molecule has 1 aliphatic heterocycles. The lowest BCUT2D eigenvalue weighted by atomic mass is 10.0. The van der Waals surface area contributed by atoms with Crippen LogP contribution in [-0.2, 0) is 13.0 Å². The summed E-state index contributed by atoms with van der Waals surface area (Å²) in [5.41, 5.74) is 6.99. The van der Waals surface area contributed by atoms with E-state index in [0.717, 1.165) is 23.5 Å². The molecule has 9 nitrogen and oxygen atoms in total. The molecule has 1 aromatic heterocycles. The van der Waals surface area contributed by atoms with Crippen molar-refractivity contribution in [3.63, 3.8) is 0 Å². The van der Waals surface area contributed by atoms with E-state index < -0.39 is 23.6 Å². The number of carboxylic acid groups (broad SMARTS) is 1. The third-order valence-corrected chi connectivity index (χ3v) is 6.99. The maximum Gasteiger partial charge on any atom is 0.407 e.